The molecule has 3 aliphatic carbocycles. The van der Waals surface area contributed by atoms with Crippen LogP contribution in [0.25, 0.3) is 11.1 Å². The molecule has 12 heteroatoms. The number of methoxy groups -OCH3 is 1. The summed E-state index contributed by atoms with van der Waals surface area (Å²) in [5.74, 6) is 0.932. The molecule has 4 N–H and O–H groups in total. The summed E-state index contributed by atoms with van der Waals surface area (Å²) in [6, 6.07) is 20.4. The van der Waals surface area contributed by atoms with E-state index in [-0.39, 0.29) is 48.6 Å². The molecule has 2 aliphatic heterocycles. The molecule has 56 heavy (non-hydrogen) atoms. The van der Waals surface area contributed by atoms with Crippen molar-refractivity contribution < 1.29 is 34.2 Å². The van der Waals surface area contributed by atoms with Crippen LogP contribution in [0.1, 0.15) is 68.1 Å². The Bertz CT molecular complexity index is 1890. The number of fused-ring (bicyclic) bond motifs is 2. The Labute approximate surface area is 331 Å². The number of anilines is 1. The van der Waals surface area contributed by atoms with E-state index in [1.807, 2.05) is 92.8 Å². The molecular weight excluding hydrogens is 711 g/mol. The zero-order valence-corrected chi connectivity index (χ0v) is 33.9. The van der Waals surface area contributed by atoms with Crippen molar-refractivity contribution in [2.45, 2.75) is 83.5 Å². The Kier molecular flexibility index (Phi) is 11.5. The normalized spacial score (nSPS) is 30.4. The van der Waals surface area contributed by atoms with Gasteiger partial charge in [-0.1, -0.05) is 69.3 Å². The predicted octanol–water partition coefficient (Wildman–Crippen LogP) is 4.81. The van der Waals surface area contributed by atoms with Crippen LogP contribution in [0.5, 0.6) is 5.75 Å². The number of carbonyl (C=O) groups excluding carboxylic acids is 2. The molecule has 0 aromatic heterocycles. The Morgan fingerprint density at radius 1 is 1.02 bits per heavy atom. The summed E-state index contributed by atoms with van der Waals surface area (Å²) in [5, 5.41) is 31.3. The minimum absolute atomic E-state index is 0.0310. The highest BCUT2D eigenvalue weighted by molar-refractivity contribution is 5.97. The van der Waals surface area contributed by atoms with Crippen LogP contribution in [0, 0.1) is 29.1 Å². The molecule has 2 bridgehead atoms. The number of hydrogen-bond donors (Lipinski definition) is 4. The Morgan fingerprint density at radius 3 is 2.41 bits per heavy atom. The number of hydrogen-bond acceptors (Lipinski definition) is 10. The lowest BCUT2D eigenvalue weighted by Gasteiger charge is -2.62. The van der Waals surface area contributed by atoms with Crippen LogP contribution in [0.15, 0.2) is 66.7 Å². The van der Waals surface area contributed by atoms with E-state index in [2.05, 4.69) is 31.4 Å². The van der Waals surface area contributed by atoms with Crippen molar-refractivity contribution in [3.8, 4) is 16.9 Å². The highest BCUT2D eigenvalue weighted by atomic mass is 16.7. The summed E-state index contributed by atoms with van der Waals surface area (Å²) >= 11 is 0. The molecule has 2 amide bonds. The number of para-hydroxylation sites is 1. The maximum absolute atomic E-state index is 14.3. The number of benzene rings is 3. The first-order chi connectivity index (χ1) is 26.7. The number of hydroxylamine groups is 4. The molecule has 302 valence electrons. The van der Waals surface area contributed by atoms with Crippen LogP contribution in [0.2, 0.25) is 0 Å². The molecule has 10 atom stereocenters. The van der Waals surface area contributed by atoms with E-state index in [0.29, 0.717) is 35.6 Å². The van der Waals surface area contributed by atoms with Gasteiger partial charge in [0.2, 0.25) is 5.91 Å². The molecule has 5 fully saturated rings. The van der Waals surface area contributed by atoms with E-state index < -0.39 is 24.2 Å². The van der Waals surface area contributed by atoms with Crippen LogP contribution < -0.4 is 20.3 Å². The minimum Gasteiger partial charge on any atom is -0.496 e. The minimum atomic E-state index is -0.908. The summed E-state index contributed by atoms with van der Waals surface area (Å²) in [6.07, 6.45) is 0.132. The van der Waals surface area contributed by atoms with Gasteiger partial charge in [0.15, 0.2) is 0 Å². The van der Waals surface area contributed by atoms with Crippen molar-refractivity contribution in [1.82, 2.24) is 20.8 Å². The van der Waals surface area contributed by atoms with Crippen molar-refractivity contribution in [3.63, 3.8) is 0 Å². The van der Waals surface area contributed by atoms with E-state index in [9.17, 15) is 19.8 Å². The van der Waals surface area contributed by atoms with Gasteiger partial charge in [0.1, 0.15) is 24.0 Å². The van der Waals surface area contributed by atoms with Crippen molar-refractivity contribution in [3.05, 3.63) is 83.4 Å². The monoisotopic (exact) mass is 769 g/mol. The molecule has 2 heterocycles. The van der Waals surface area contributed by atoms with Gasteiger partial charge in [0, 0.05) is 62.0 Å². The summed E-state index contributed by atoms with van der Waals surface area (Å²) in [6.45, 7) is 8.90. The molecule has 3 aromatic rings. The first-order valence-electron chi connectivity index (χ1n) is 20.0. The van der Waals surface area contributed by atoms with Crippen molar-refractivity contribution in [2.75, 3.05) is 46.3 Å². The van der Waals surface area contributed by atoms with Crippen LogP contribution in [0.3, 0.4) is 0 Å². The molecule has 8 rings (SSSR count). The van der Waals surface area contributed by atoms with Gasteiger partial charge in [0.25, 0.3) is 5.91 Å². The maximum Gasteiger partial charge on any atom is 0.251 e. The van der Waals surface area contributed by atoms with Crippen LogP contribution in [-0.4, -0.2) is 104 Å². The first-order valence-corrected chi connectivity index (χ1v) is 20.0. The third kappa shape index (κ3) is 7.55. The van der Waals surface area contributed by atoms with E-state index in [4.69, 9.17) is 14.4 Å². The summed E-state index contributed by atoms with van der Waals surface area (Å²) in [4.78, 5) is 42.7. The highest BCUT2D eigenvalue weighted by Crippen LogP contribution is 2.61. The van der Waals surface area contributed by atoms with Crippen molar-refractivity contribution in [1.29, 1.82) is 0 Å². The predicted molar refractivity (Wildman–Crippen MR) is 214 cm³/mol. The van der Waals surface area contributed by atoms with Gasteiger partial charge < -0.3 is 30.5 Å². The lowest BCUT2D eigenvalue weighted by molar-refractivity contribution is -0.183. The number of rotatable bonds is 12. The van der Waals surface area contributed by atoms with Gasteiger partial charge in [-0.2, -0.15) is 10.1 Å². The largest absolute Gasteiger partial charge is 0.496 e. The van der Waals surface area contributed by atoms with Crippen LogP contribution >= 0.6 is 0 Å². The lowest BCUT2D eigenvalue weighted by Crippen LogP contribution is -2.62. The Hall–Kier alpha value is -4.04. The van der Waals surface area contributed by atoms with Crippen LogP contribution in [-0.2, 0) is 21.0 Å². The number of aliphatic hydroxyl groups is 2. The van der Waals surface area contributed by atoms with E-state index in [0.717, 1.165) is 34.4 Å². The van der Waals surface area contributed by atoms with Gasteiger partial charge in [-0.25, -0.2) is 0 Å². The number of nitrogens with zero attached hydrogens (tertiary/aromatic N) is 3. The Balaban J connectivity index is 1.16. The SMILES string of the molecule is COc1c(CN2O[C@@H](CO)[C@@H]([C@H](C)O)[C@H]2C(=O)N[C@H]2C[C@H]3C[C@@H]([C@@H]2C)C3(C)C)cccc1-c1cc(C(=O)N[C@H]2CN(C)O[C@H]2c2ccccc2)cc(N(C)C)c1. The number of ether oxygens (including phenoxy) is 1. The van der Waals surface area contributed by atoms with Gasteiger partial charge in [-0.15, -0.1) is 0 Å². The lowest BCUT2D eigenvalue weighted by atomic mass is 9.45. The molecular formula is C44H59N5O7. The third-order valence-electron chi connectivity index (χ3n) is 13.3. The standard InChI is InChI=1S/C44H59N5O7/c1-25-34-20-31(44(34,3)4)21-35(25)45-43(53)39-38(26(2)51)37(24-50)55-49(39)22-28-15-12-16-33(40(28)54-8)29-17-30(19-32(18-29)47(5)6)42(52)46-36-23-48(7)56-41(36)27-13-10-9-11-14-27/h9-19,25-26,31,34-39,41,50-51H,20-24H2,1-8H3,(H,45,53)(H,46,52)/t25-,26-,31+,34-,35-,36-,37-,38+,39-,41-/m0/s1. The maximum atomic E-state index is 14.3. The third-order valence-corrected chi connectivity index (χ3v) is 13.3. The van der Waals surface area contributed by atoms with Crippen LogP contribution in [0.4, 0.5) is 5.69 Å². The number of carbonyl (C=O) groups is 2. The van der Waals surface area contributed by atoms with E-state index in [1.54, 1.807) is 24.2 Å². The summed E-state index contributed by atoms with van der Waals surface area (Å²) in [7, 11) is 7.34. The molecule has 3 aromatic carbocycles. The fourth-order valence-corrected chi connectivity index (χ4v) is 9.98. The number of aliphatic hydroxyl groups excluding tert-OH is 2. The Morgan fingerprint density at radius 2 is 1.77 bits per heavy atom. The van der Waals surface area contributed by atoms with Crippen molar-refractivity contribution in [2.24, 2.45) is 29.1 Å². The number of amides is 2. The molecule has 3 saturated carbocycles. The van der Waals surface area contributed by atoms with Gasteiger partial charge in [-0.05, 0) is 72.3 Å². The average Bonchev–Trinajstić information content (AvgIpc) is 3.74. The molecule has 0 unspecified atom stereocenters. The second-order valence-corrected chi connectivity index (χ2v) is 17.2. The fraction of sp³-hybridized carbons (Fsp3) is 0.545. The molecule has 2 saturated heterocycles. The molecule has 12 nitrogen and oxygen atoms in total. The van der Waals surface area contributed by atoms with Gasteiger partial charge in [0.05, 0.1) is 32.4 Å². The summed E-state index contributed by atoms with van der Waals surface area (Å²) < 4.78 is 6.10. The van der Waals surface area contributed by atoms with Gasteiger partial charge in [-0.3, -0.25) is 19.3 Å². The summed E-state index contributed by atoms with van der Waals surface area (Å²) in [5.41, 5.74) is 4.88. The highest BCUT2D eigenvalue weighted by Gasteiger charge is 2.57. The van der Waals surface area contributed by atoms with Gasteiger partial charge >= 0.3 is 0 Å². The first kappa shape index (κ1) is 40.2. The molecule has 0 radical (unpaired) electrons. The number of nitrogens with one attached hydrogen (secondary N) is 2. The quantitative estimate of drug-likeness (QED) is 0.204. The fourth-order valence-electron chi connectivity index (χ4n) is 9.98. The van der Waals surface area contributed by atoms with E-state index >= 15 is 0 Å². The zero-order valence-electron chi connectivity index (χ0n) is 33.9. The topological polar surface area (TPSA) is 136 Å². The second-order valence-electron chi connectivity index (χ2n) is 17.2. The zero-order chi connectivity index (χ0) is 40.1. The van der Waals surface area contributed by atoms with E-state index in [1.165, 1.54) is 6.42 Å². The smallest absolute Gasteiger partial charge is 0.251 e. The molecule has 5 aliphatic rings. The average molecular weight is 770 g/mol. The number of likely N-dealkylation sites (N-methyl/N-ethyl adjacent to an activating group) is 1. The van der Waals surface area contributed by atoms with Crippen molar-refractivity contribution >= 4 is 17.5 Å². The second kappa shape index (κ2) is 16.1. The molecule has 0 spiro atoms.